The van der Waals surface area contributed by atoms with E-state index >= 15 is 0 Å². The van der Waals surface area contributed by atoms with Crippen LogP contribution in [-0.2, 0) is 7.05 Å². The van der Waals surface area contributed by atoms with Gasteiger partial charge in [0.15, 0.2) is 0 Å². The average molecular weight is 251 g/mol. The standard InChI is InChI=1S/C11H11BrN2/c1-8-5-3-4-6-9(8)11-10(12)7-13-14(11)2/h3-7H,1-2H3. The highest BCUT2D eigenvalue weighted by Crippen LogP contribution is 2.29. The zero-order valence-corrected chi connectivity index (χ0v) is 9.75. The van der Waals surface area contributed by atoms with Crippen LogP contribution in [0.2, 0.25) is 0 Å². The summed E-state index contributed by atoms with van der Waals surface area (Å²) in [7, 11) is 1.95. The summed E-state index contributed by atoms with van der Waals surface area (Å²) in [5.74, 6) is 0. The molecule has 0 atom stereocenters. The molecule has 0 unspecified atom stereocenters. The van der Waals surface area contributed by atoms with Crippen LogP contribution in [0.1, 0.15) is 5.56 Å². The zero-order chi connectivity index (χ0) is 10.1. The molecule has 2 rings (SSSR count). The number of hydrogen-bond donors (Lipinski definition) is 0. The molecule has 1 heterocycles. The van der Waals surface area contributed by atoms with Crippen LogP contribution in [-0.4, -0.2) is 9.78 Å². The maximum atomic E-state index is 4.20. The number of hydrogen-bond acceptors (Lipinski definition) is 1. The van der Waals surface area contributed by atoms with Crippen molar-refractivity contribution in [3.8, 4) is 11.3 Å². The number of benzene rings is 1. The molecule has 1 aromatic heterocycles. The van der Waals surface area contributed by atoms with E-state index in [-0.39, 0.29) is 0 Å². The van der Waals surface area contributed by atoms with Crippen LogP contribution in [0.25, 0.3) is 11.3 Å². The second-order valence-corrected chi connectivity index (χ2v) is 4.13. The largest absolute Gasteiger partial charge is 0.267 e. The summed E-state index contributed by atoms with van der Waals surface area (Å²) in [5.41, 5.74) is 3.61. The molecule has 0 aliphatic heterocycles. The quantitative estimate of drug-likeness (QED) is 0.761. The van der Waals surface area contributed by atoms with Crippen LogP contribution in [0.4, 0.5) is 0 Å². The zero-order valence-electron chi connectivity index (χ0n) is 8.16. The number of rotatable bonds is 1. The smallest absolute Gasteiger partial charge is 0.0823 e. The highest BCUT2D eigenvalue weighted by Gasteiger charge is 2.09. The normalized spacial score (nSPS) is 10.5. The van der Waals surface area contributed by atoms with E-state index in [1.54, 1.807) is 0 Å². The van der Waals surface area contributed by atoms with Gasteiger partial charge in [0.25, 0.3) is 0 Å². The molecule has 0 radical (unpaired) electrons. The summed E-state index contributed by atoms with van der Waals surface area (Å²) in [4.78, 5) is 0. The van der Waals surface area contributed by atoms with Gasteiger partial charge in [0.1, 0.15) is 0 Å². The van der Waals surface area contributed by atoms with Gasteiger partial charge < -0.3 is 0 Å². The van der Waals surface area contributed by atoms with E-state index in [4.69, 9.17) is 0 Å². The second kappa shape index (κ2) is 3.58. The molecule has 0 fully saturated rings. The van der Waals surface area contributed by atoms with Crippen molar-refractivity contribution in [2.24, 2.45) is 7.05 Å². The summed E-state index contributed by atoms with van der Waals surface area (Å²) < 4.78 is 2.92. The fourth-order valence-corrected chi connectivity index (χ4v) is 2.11. The molecule has 2 nitrogen and oxygen atoms in total. The maximum absolute atomic E-state index is 4.20. The first kappa shape index (κ1) is 9.46. The van der Waals surface area contributed by atoms with Gasteiger partial charge in [-0.25, -0.2) is 0 Å². The van der Waals surface area contributed by atoms with Gasteiger partial charge in [-0.05, 0) is 28.4 Å². The minimum Gasteiger partial charge on any atom is -0.267 e. The van der Waals surface area contributed by atoms with E-state index in [1.807, 2.05) is 30.1 Å². The first-order chi connectivity index (χ1) is 6.70. The lowest BCUT2D eigenvalue weighted by Crippen LogP contribution is -1.95. The second-order valence-electron chi connectivity index (χ2n) is 3.28. The molecule has 0 amide bonds. The Morgan fingerprint density at radius 1 is 1.29 bits per heavy atom. The molecule has 0 N–H and O–H groups in total. The Morgan fingerprint density at radius 2 is 2.00 bits per heavy atom. The lowest BCUT2D eigenvalue weighted by molar-refractivity contribution is 0.775. The fourth-order valence-electron chi connectivity index (χ4n) is 1.55. The van der Waals surface area contributed by atoms with Gasteiger partial charge in [0.2, 0.25) is 0 Å². The predicted molar refractivity (Wildman–Crippen MR) is 61.1 cm³/mol. The number of aryl methyl sites for hydroxylation is 2. The van der Waals surface area contributed by atoms with Gasteiger partial charge in [-0.15, -0.1) is 0 Å². The monoisotopic (exact) mass is 250 g/mol. The van der Waals surface area contributed by atoms with Gasteiger partial charge in [0.05, 0.1) is 16.4 Å². The fraction of sp³-hybridized carbons (Fsp3) is 0.182. The Kier molecular flexibility index (Phi) is 2.42. The molecule has 14 heavy (non-hydrogen) atoms. The molecule has 0 spiro atoms. The van der Waals surface area contributed by atoms with Gasteiger partial charge in [-0.2, -0.15) is 5.10 Å². The minimum absolute atomic E-state index is 1.04. The molecule has 72 valence electrons. The summed E-state index contributed by atoms with van der Waals surface area (Å²) in [6.45, 7) is 2.11. The Morgan fingerprint density at radius 3 is 2.57 bits per heavy atom. The van der Waals surface area contributed by atoms with Crippen molar-refractivity contribution in [2.75, 3.05) is 0 Å². The predicted octanol–water partition coefficient (Wildman–Crippen LogP) is 3.16. The van der Waals surface area contributed by atoms with Crippen molar-refractivity contribution in [3.05, 3.63) is 40.5 Å². The summed E-state index contributed by atoms with van der Waals surface area (Å²) in [6.07, 6.45) is 1.82. The third-order valence-corrected chi connectivity index (χ3v) is 2.87. The molecular formula is C11H11BrN2. The van der Waals surface area contributed by atoms with Crippen LogP contribution >= 0.6 is 15.9 Å². The van der Waals surface area contributed by atoms with Crippen molar-refractivity contribution >= 4 is 15.9 Å². The number of halogens is 1. The highest BCUT2D eigenvalue weighted by molar-refractivity contribution is 9.10. The molecule has 1 aromatic carbocycles. The number of aromatic nitrogens is 2. The van der Waals surface area contributed by atoms with Crippen LogP contribution in [0.5, 0.6) is 0 Å². The summed E-state index contributed by atoms with van der Waals surface area (Å²) >= 11 is 3.50. The van der Waals surface area contributed by atoms with E-state index in [9.17, 15) is 0 Å². The van der Waals surface area contributed by atoms with Crippen molar-refractivity contribution in [2.45, 2.75) is 6.92 Å². The van der Waals surface area contributed by atoms with Crippen molar-refractivity contribution in [3.63, 3.8) is 0 Å². The van der Waals surface area contributed by atoms with Crippen molar-refractivity contribution in [1.29, 1.82) is 0 Å². The Hall–Kier alpha value is -1.09. The van der Waals surface area contributed by atoms with Gasteiger partial charge in [0, 0.05) is 12.6 Å². The van der Waals surface area contributed by atoms with E-state index in [0.29, 0.717) is 0 Å². The molecule has 0 bridgehead atoms. The van der Waals surface area contributed by atoms with Gasteiger partial charge in [-0.1, -0.05) is 24.3 Å². The van der Waals surface area contributed by atoms with Crippen LogP contribution in [0.3, 0.4) is 0 Å². The molecule has 0 saturated carbocycles. The van der Waals surface area contributed by atoms with Gasteiger partial charge >= 0.3 is 0 Å². The van der Waals surface area contributed by atoms with Crippen molar-refractivity contribution in [1.82, 2.24) is 9.78 Å². The Balaban J connectivity index is 2.66. The van der Waals surface area contributed by atoms with Crippen LogP contribution < -0.4 is 0 Å². The third-order valence-electron chi connectivity index (χ3n) is 2.29. The van der Waals surface area contributed by atoms with E-state index in [1.165, 1.54) is 11.1 Å². The molecular weight excluding hydrogens is 240 g/mol. The van der Waals surface area contributed by atoms with E-state index in [0.717, 1.165) is 10.2 Å². The molecule has 0 aliphatic carbocycles. The molecule has 2 aromatic rings. The Labute approximate surface area is 91.7 Å². The summed E-state index contributed by atoms with van der Waals surface area (Å²) in [5, 5.41) is 4.20. The maximum Gasteiger partial charge on any atom is 0.0823 e. The molecule has 0 saturated heterocycles. The van der Waals surface area contributed by atoms with Crippen molar-refractivity contribution < 1.29 is 0 Å². The number of nitrogens with zero attached hydrogens (tertiary/aromatic N) is 2. The third kappa shape index (κ3) is 1.48. The molecule has 0 aliphatic rings. The lowest BCUT2D eigenvalue weighted by atomic mass is 10.1. The lowest BCUT2D eigenvalue weighted by Gasteiger charge is -2.06. The van der Waals surface area contributed by atoms with E-state index in [2.05, 4.69) is 40.1 Å². The first-order valence-electron chi connectivity index (χ1n) is 4.43. The molecule has 3 heteroatoms. The van der Waals surface area contributed by atoms with Gasteiger partial charge in [-0.3, -0.25) is 4.68 Å². The van der Waals surface area contributed by atoms with E-state index < -0.39 is 0 Å². The van der Waals surface area contributed by atoms with Crippen LogP contribution in [0.15, 0.2) is 34.9 Å². The topological polar surface area (TPSA) is 17.8 Å². The summed E-state index contributed by atoms with van der Waals surface area (Å²) in [6, 6.07) is 8.30. The Bertz CT molecular complexity index is 441. The SMILES string of the molecule is Cc1ccccc1-c1c(Br)cnn1C. The highest BCUT2D eigenvalue weighted by atomic mass is 79.9. The average Bonchev–Trinajstić information content (AvgIpc) is 2.48. The minimum atomic E-state index is 1.04. The first-order valence-corrected chi connectivity index (χ1v) is 5.23. The van der Waals surface area contributed by atoms with Crippen LogP contribution in [0, 0.1) is 6.92 Å².